The molecule has 0 radical (unpaired) electrons. The lowest BCUT2D eigenvalue weighted by atomic mass is 10.1. The van der Waals surface area contributed by atoms with E-state index in [1.807, 2.05) is 0 Å². The number of fused-ring (bicyclic) bond motifs is 1. The topological polar surface area (TPSA) is 38.7 Å². The van der Waals surface area contributed by atoms with Gasteiger partial charge in [-0.05, 0) is 38.1 Å². The Hall–Kier alpha value is -1.34. The van der Waals surface area contributed by atoms with Crippen molar-refractivity contribution in [3.8, 4) is 21.0 Å². The van der Waals surface area contributed by atoms with Gasteiger partial charge in [-0.1, -0.05) is 0 Å². The van der Waals surface area contributed by atoms with Gasteiger partial charge in [-0.15, -0.1) is 34.3 Å². The summed E-state index contributed by atoms with van der Waals surface area (Å²) in [5, 5.41) is 0. The van der Waals surface area contributed by atoms with Gasteiger partial charge in [-0.3, -0.25) is 0 Å². The Morgan fingerprint density at radius 1 is 0.913 bits per heavy atom. The van der Waals surface area contributed by atoms with Gasteiger partial charge < -0.3 is 0 Å². The highest BCUT2D eigenvalue weighted by molar-refractivity contribution is 7.16. The summed E-state index contributed by atoms with van der Waals surface area (Å²) in [6.07, 6.45) is 0. The van der Waals surface area contributed by atoms with Crippen LogP contribution in [0.15, 0.2) is 24.3 Å². The molecule has 0 atom stereocenters. The molecule has 23 heavy (non-hydrogen) atoms. The van der Waals surface area contributed by atoms with Crippen molar-refractivity contribution in [3.05, 3.63) is 39.7 Å². The average Bonchev–Trinajstić information content (AvgIpc) is 3.26. The summed E-state index contributed by atoms with van der Waals surface area (Å²) in [6.45, 7) is 4.19. The lowest BCUT2D eigenvalue weighted by Gasteiger charge is -2.08. The first-order chi connectivity index (χ1) is 11.2. The smallest absolute Gasteiger partial charge is 0.132 e. The molecule has 3 nitrogen and oxygen atoms in total. The number of nitrogens with zero attached hydrogens (tertiary/aromatic N) is 3. The predicted molar refractivity (Wildman–Crippen MR) is 101 cm³/mol. The second-order valence-corrected chi connectivity index (χ2v) is 8.57. The minimum absolute atomic E-state index is 0.358. The van der Waals surface area contributed by atoms with Crippen LogP contribution in [0.2, 0.25) is 0 Å². The Bertz CT molecular complexity index is 999. The van der Waals surface area contributed by atoms with Crippen molar-refractivity contribution < 1.29 is 0 Å². The Morgan fingerprint density at radius 3 is 2.17 bits per heavy atom. The predicted octanol–water partition coefficient (Wildman–Crippen LogP) is 5.90. The van der Waals surface area contributed by atoms with Crippen LogP contribution in [0.1, 0.15) is 15.4 Å². The summed E-state index contributed by atoms with van der Waals surface area (Å²) in [6, 6.07) is 8.42. The summed E-state index contributed by atoms with van der Waals surface area (Å²) < 4.78 is 9.06. The van der Waals surface area contributed by atoms with Crippen LogP contribution < -0.4 is 0 Å². The van der Waals surface area contributed by atoms with Crippen LogP contribution >= 0.6 is 46.0 Å². The molecule has 4 aromatic rings. The summed E-state index contributed by atoms with van der Waals surface area (Å²) in [5.41, 5.74) is 4.56. The number of pyridine rings is 1. The maximum absolute atomic E-state index is 6.22. The molecule has 0 saturated heterocycles. The van der Waals surface area contributed by atoms with Crippen molar-refractivity contribution in [2.75, 3.05) is 0 Å². The van der Waals surface area contributed by atoms with Gasteiger partial charge in [0.2, 0.25) is 0 Å². The molecule has 0 bridgehead atoms. The SMILES string of the molecule is Cc1ccc(-c2nc(CCl)c(-c3ccc(C)s3)c3nsnc23)s1. The van der Waals surface area contributed by atoms with Crippen LogP contribution in [0, 0.1) is 13.8 Å². The van der Waals surface area contributed by atoms with E-state index in [0.29, 0.717) is 5.88 Å². The summed E-state index contributed by atoms with van der Waals surface area (Å²) in [4.78, 5) is 9.62. The number of thiophene rings is 2. The van der Waals surface area contributed by atoms with Gasteiger partial charge in [0, 0.05) is 20.2 Å². The van der Waals surface area contributed by atoms with Gasteiger partial charge in [-0.2, -0.15) is 8.75 Å². The second kappa shape index (κ2) is 5.94. The van der Waals surface area contributed by atoms with E-state index in [9.17, 15) is 0 Å². The summed E-state index contributed by atoms with van der Waals surface area (Å²) in [5.74, 6) is 0.358. The number of aromatic nitrogens is 3. The van der Waals surface area contributed by atoms with E-state index in [1.54, 1.807) is 22.7 Å². The highest BCUT2D eigenvalue weighted by Gasteiger charge is 2.21. The summed E-state index contributed by atoms with van der Waals surface area (Å²) in [7, 11) is 0. The third kappa shape index (κ3) is 2.59. The van der Waals surface area contributed by atoms with Gasteiger partial charge in [-0.25, -0.2) is 4.98 Å². The average molecular weight is 378 g/mol. The molecule has 0 amide bonds. The maximum atomic E-state index is 6.22. The molecule has 0 saturated carbocycles. The van der Waals surface area contributed by atoms with E-state index in [4.69, 9.17) is 16.6 Å². The first-order valence-corrected chi connectivity index (χ1v) is 9.92. The van der Waals surface area contributed by atoms with Crippen LogP contribution in [0.5, 0.6) is 0 Å². The fourth-order valence-corrected chi connectivity index (χ4v) is 5.09. The largest absolute Gasteiger partial charge is 0.248 e. The minimum atomic E-state index is 0.358. The van der Waals surface area contributed by atoms with Crippen molar-refractivity contribution in [1.29, 1.82) is 0 Å². The van der Waals surface area contributed by atoms with Crippen LogP contribution in [-0.2, 0) is 5.88 Å². The molecule has 116 valence electrons. The normalized spacial score (nSPS) is 11.4. The molecule has 0 aliphatic carbocycles. The van der Waals surface area contributed by atoms with Crippen LogP contribution in [0.25, 0.3) is 32.0 Å². The van der Waals surface area contributed by atoms with Gasteiger partial charge in [0.1, 0.15) is 16.7 Å². The zero-order chi connectivity index (χ0) is 16.0. The van der Waals surface area contributed by atoms with Gasteiger partial charge in [0.05, 0.1) is 28.2 Å². The molecule has 4 aromatic heterocycles. The van der Waals surface area contributed by atoms with Crippen molar-refractivity contribution in [2.45, 2.75) is 19.7 Å². The maximum Gasteiger partial charge on any atom is 0.132 e. The van der Waals surface area contributed by atoms with Crippen molar-refractivity contribution >= 4 is 57.0 Å². The number of hydrogen-bond acceptors (Lipinski definition) is 6. The van der Waals surface area contributed by atoms with Crippen molar-refractivity contribution in [3.63, 3.8) is 0 Å². The third-order valence-corrected chi connectivity index (χ3v) is 6.38. The standard InChI is InChI=1S/C16H12ClN3S3/c1-8-3-5-11(21-8)13-10(7-17)18-14(12-6-4-9(2)22-12)16-15(13)19-23-20-16/h3-6H,7H2,1-2H3. The first kappa shape index (κ1) is 15.2. The van der Waals surface area contributed by atoms with Gasteiger partial charge in [0.25, 0.3) is 0 Å². The minimum Gasteiger partial charge on any atom is -0.248 e. The molecule has 0 unspecified atom stereocenters. The quantitative estimate of drug-likeness (QED) is 0.417. The zero-order valence-electron chi connectivity index (χ0n) is 12.5. The van der Waals surface area contributed by atoms with E-state index >= 15 is 0 Å². The van der Waals surface area contributed by atoms with Gasteiger partial charge in [0.15, 0.2) is 0 Å². The van der Waals surface area contributed by atoms with Crippen LogP contribution in [0.4, 0.5) is 0 Å². The number of aryl methyl sites for hydroxylation is 2. The highest BCUT2D eigenvalue weighted by Crippen LogP contribution is 2.40. The second-order valence-electron chi connectivity index (χ2n) is 5.20. The Balaban J connectivity index is 2.04. The summed E-state index contributed by atoms with van der Waals surface area (Å²) >= 11 is 10.9. The molecule has 4 heterocycles. The lowest BCUT2D eigenvalue weighted by molar-refractivity contribution is 1.20. The van der Waals surface area contributed by atoms with Crippen molar-refractivity contribution in [2.24, 2.45) is 0 Å². The monoisotopic (exact) mass is 377 g/mol. The van der Waals surface area contributed by atoms with E-state index in [0.717, 1.165) is 37.7 Å². The van der Waals surface area contributed by atoms with Crippen molar-refractivity contribution in [1.82, 2.24) is 13.7 Å². The molecule has 0 aliphatic heterocycles. The molecule has 0 spiro atoms. The molecule has 0 aliphatic rings. The number of rotatable bonds is 3. The Kier molecular flexibility index (Phi) is 3.93. The number of hydrogen-bond donors (Lipinski definition) is 0. The number of halogens is 1. The van der Waals surface area contributed by atoms with Crippen LogP contribution in [0.3, 0.4) is 0 Å². The molecule has 7 heteroatoms. The van der Waals surface area contributed by atoms with E-state index in [-0.39, 0.29) is 0 Å². The Labute approximate surface area is 150 Å². The molecular weight excluding hydrogens is 366 g/mol. The molecule has 4 rings (SSSR count). The molecular formula is C16H12ClN3S3. The molecule has 0 aromatic carbocycles. The van der Waals surface area contributed by atoms with Gasteiger partial charge >= 0.3 is 0 Å². The lowest BCUT2D eigenvalue weighted by Crippen LogP contribution is -1.95. The Morgan fingerprint density at radius 2 is 1.57 bits per heavy atom. The van der Waals surface area contributed by atoms with E-state index < -0.39 is 0 Å². The number of alkyl halides is 1. The first-order valence-electron chi connectivity index (χ1n) is 7.02. The van der Waals surface area contributed by atoms with E-state index in [1.165, 1.54) is 21.5 Å². The third-order valence-electron chi connectivity index (χ3n) is 3.57. The van der Waals surface area contributed by atoms with E-state index in [2.05, 4.69) is 46.9 Å². The zero-order valence-corrected chi connectivity index (χ0v) is 15.7. The fourth-order valence-electron chi connectivity index (χ4n) is 2.55. The molecule has 0 N–H and O–H groups in total. The highest BCUT2D eigenvalue weighted by atomic mass is 35.5. The van der Waals surface area contributed by atoms with Crippen LogP contribution in [-0.4, -0.2) is 13.7 Å². The molecule has 0 fully saturated rings. The fraction of sp³-hybridized carbons (Fsp3) is 0.188.